The van der Waals surface area contributed by atoms with Crippen molar-refractivity contribution in [2.75, 3.05) is 0 Å². The number of aliphatic carboxylic acids is 1. The molecule has 1 aromatic heterocycles. The van der Waals surface area contributed by atoms with E-state index >= 15 is 0 Å². The van der Waals surface area contributed by atoms with Crippen molar-refractivity contribution in [1.82, 2.24) is 4.98 Å². The van der Waals surface area contributed by atoms with Gasteiger partial charge in [0.25, 0.3) is 0 Å². The topological polar surface area (TPSA) is 50.2 Å². The molecule has 19 heavy (non-hydrogen) atoms. The van der Waals surface area contributed by atoms with Crippen LogP contribution >= 0.6 is 0 Å². The Balaban J connectivity index is 2.33. The molecule has 0 aliphatic heterocycles. The van der Waals surface area contributed by atoms with Gasteiger partial charge in [0.1, 0.15) is 17.6 Å². The molecule has 0 radical (unpaired) electrons. The average Bonchev–Trinajstić information content (AvgIpc) is 2.38. The van der Waals surface area contributed by atoms with E-state index in [9.17, 15) is 18.7 Å². The number of benzene rings is 1. The minimum absolute atomic E-state index is 0.103. The van der Waals surface area contributed by atoms with Crippen LogP contribution in [-0.4, -0.2) is 16.1 Å². The molecule has 5 heteroatoms. The second kappa shape index (κ2) is 5.56. The molecule has 0 amide bonds. The quantitative estimate of drug-likeness (QED) is 0.922. The van der Waals surface area contributed by atoms with Crippen molar-refractivity contribution in [3.8, 4) is 0 Å². The van der Waals surface area contributed by atoms with Crippen LogP contribution in [0.15, 0.2) is 42.6 Å². The van der Waals surface area contributed by atoms with Gasteiger partial charge in [0.05, 0.1) is 11.9 Å². The number of carboxylic acids is 1. The van der Waals surface area contributed by atoms with Crippen molar-refractivity contribution in [1.29, 1.82) is 0 Å². The fourth-order valence-corrected chi connectivity index (χ4v) is 1.83. The van der Waals surface area contributed by atoms with E-state index in [0.29, 0.717) is 6.07 Å². The number of halogens is 2. The Hall–Kier alpha value is -2.30. The zero-order chi connectivity index (χ0) is 13.8. The van der Waals surface area contributed by atoms with Crippen LogP contribution in [-0.2, 0) is 11.2 Å². The predicted molar refractivity (Wildman–Crippen MR) is 64.7 cm³/mol. The molecule has 0 spiro atoms. The normalized spacial score (nSPS) is 12.1. The molecule has 3 nitrogen and oxygen atoms in total. The molecule has 1 heterocycles. The van der Waals surface area contributed by atoms with Gasteiger partial charge in [-0.2, -0.15) is 0 Å². The zero-order valence-corrected chi connectivity index (χ0v) is 9.88. The van der Waals surface area contributed by atoms with Gasteiger partial charge in [0.15, 0.2) is 0 Å². The Bertz CT molecular complexity index is 587. The Morgan fingerprint density at radius 1 is 1.26 bits per heavy atom. The van der Waals surface area contributed by atoms with Crippen molar-refractivity contribution in [3.63, 3.8) is 0 Å². The molecule has 0 aliphatic carbocycles. The Morgan fingerprint density at radius 3 is 2.53 bits per heavy atom. The van der Waals surface area contributed by atoms with Gasteiger partial charge in [-0.3, -0.25) is 9.78 Å². The van der Waals surface area contributed by atoms with E-state index in [1.54, 1.807) is 30.3 Å². The number of aromatic nitrogens is 1. The van der Waals surface area contributed by atoms with Crippen molar-refractivity contribution in [3.05, 3.63) is 65.5 Å². The minimum atomic E-state index is -1.19. The number of hydrogen-bond donors (Lipinski definition) is 1. The summed E-state index contributed by atoms with van der Waals surface area (Å²) in [6, 6.07) is 9.47. The molecular formula is C14H11F2NO2. The van der Waals surface area contributed by atoms with E-state index in [2.05, 4.69) is 4.98 Å². The summed E-state index contributed by atoms with van der Waals surface area (Å²) >= 11 is 0. The van der Waals surface area contributed by atoms with E-state index in [4.69, 9.17) is 0 Å². The summed E-state index contributed by atoms with van der Waals surface area (Å²) < 4.78 is 26.4. The lowest BCUT2D eigenvalue weighted by Crippen LogP contribution is -2.17. The number of pyridine rings is 1. The third-order valence-corrected chi connectivity index (χ3v) is 2.75. The molecule has 1 unspecified atom stereocenters. The molecule has 1 atom stereocenters. The maximum atomic E-state index is 13.6. The van der Waals surface area contributed by atoms with Crippen molar-refractivity contribution >= 4 is 5.97 Å². The lowest BCUT2D eigenvalue weighted by atomic mass is 9.95. The van der Waals surface area contributed by atoms with E-state index < -0.39 is 23.5 Å². The Morgan fingerprint density at radius 2 is 1.95 bits per heavy atom. The zero-order valence-electron chi connectivity index (χ0n) is 9.88. The highest BCUT2D eigenvalue weighted by atomic mass is 19.1. The summed E-state index contributed by atoms with van der Waals surface area (Å²) in [5.41, 5.74) is 0.498. The largest absolute Gasteiger partial charge is 0.481 e. The van der Waals surface area contributed by atoms with E-state index in [1.165, 1.54) is 0 Å². The van der Waals surface area contributed by atoms with Crippen molar-refractivity contribution in [2.45, 2.75) is 12.3 Å². The molecule has 1 N–H and O–H groups in total. The predicted octanol–water partition coefficient (Wildman–Crippen LogP) is 2.77. The first-order valence-electron chi connectivity index (χ1n) is 5.65. The van der Waals surface area contributed by atoms with Gasteiger partial charge < -0.3 is 5.11 Å². The van der Waals surface area contributed by atoms with Gasteiger partial charge in [-0.1, -0.05) is 30.3 Å². The number of hydrogen-bond acceptors (Lipinski definition) is 2. The molecule has 2 rings (SSSR count). The Labute approximate surface area is 108 Å². The van der Waals surface area contributed by atoms with Crippen LogP contribution in [0.3, 0.4) is 0 Å². The summed E-state index contributed by atoms with van der Waals surface area (Å²) in [7, 11) is 0. The third kappa shape index (κ3) is 3.13. The highest BCUT2D eigenvalue weighted by molar-refractivity contribution is 5.76. The maximum Gasteiger partial charge on any atom is 0.313 e. The summed E-state index contributed by atoms with van der Waals surface area (Å²) in [4.78, 5) is 14.8. The molecule has 2 aromatic rings. The molecule has 0 saturated heterocycles. The molecule has 0 fully saturated rings. The van der Waals surface area contributed by atoms with Gasteiger partial charge in [-0.25, -0.2) is 8.78 Å². The van der Waals surface area contributed by atoms with Gasteiger partial charge >= 0.3 is 5.97 Å². The van der Waals surface area contributed by atoms with E-state index in [1.807, 2.05) is 0 Å². The van der Waals surface area contributed by atoms with Crippen molar-refractivity contribution in [2.24, 2.45) is 0 Å². The van der Waals surface area contributed by atoms with E-state index in [-0.39, 0.29) is 12.1 Å². The Kier molecular flexibility index (Phi) is 3.85. The second-order valence-electron chi connectivity index (χ2n) is 4.10. The van der Waals surface area contributed by atoms with Gasteiger partial charge in [-0.05, 0) is 12.0 Å². The lowest BCUT2D eigenvalue weighted by molar-refractivity contribution is -0.138. The molecule has 0 bridgehead atoms. The third-order valence-electron chi connectivity index (χ3n) is 2.75. The smallest absolute Gasteiger partial charge is 0.313 e. The van der Waals surface area contributed by atoms with Gasteiger partial charge in [0, 0.05) is 6.07 Å². The van der Waals surface area contributed by atoms with Crippen molar-refractivity contribution < 1.29 is 18.7 Å². The van der Waals surface area contributed by atoms with Crippen LogP contribution in [0.1, 0.15) is 17.2 Å². The van der Waals surface area contributed by atoms with Crippen LogP contribution in [0.25, 0.3) is 0 Å². The monoisotopic (exact) mass is 263 g/mol. The van der Waals surface area contributed by atoms with Crippen LogP contribution in [0.4, 0.5) is 8.78 Å². The average molecular weight is 263 g/mol. The minimum Gasteiger partial charge on any atom is -0.481 e. The van der Waals surface area contributed by atoms with Crippen LogP contribution in [0.5, 0.6) is 0 Å². The summed E-state index contributed by atoms with van der Waals surface area (Å²) in [6.07, 6.45) is 0.922. The van der Waals surface area contributed by atoms with E-state index in [0.717, 1.165) is 11.8 Å². The molecule has 1 aromatic carbocycles. The maximum absolute atomic E-state index is 13.6. The highest BCUT2D eigenvalue weighted by Crippen LogP contribution is 2.22. The SMILES string of the molecule is O=C(O)C(Cc1ccccc1)c1ncc(F)cc1F. The standard InChI is InChI=1S/C14H11F2NO2/c15-10-7-12(16)13(17-8-10)11(14(18)19)6-9-4-2-1-3-5-9/h1-5,7-8,11H,6H2,(H,18,19). The molecule has 98 valence electrons. The van der Waals surface area contributed by atoms with Gasteiger partial charge in [0.2, 0.25) is 0 Å². The fourth-order valence-electron chi connectivity index (χ4n) is 1.83. The first kappa shape index (κ1) is 13.1. The van der Waals surface area contributed by atoms with Gasteiger partial charge in [-0.15, -0.1) is 0 Å². The number of rotatable bonds is 4. The first-order chi connectivity index (χ1) is 9.08. The first-order valence-corrected chi connectivity index (χ1v) is 5.65. The highest BCUT2D eigenvalue weighted by Gasteiger charge is 2.25. The lowest BCUT2D eigenvalue weighted by Gasteiger charge is -2.12. The molecular weight excluding hydrogens is 252 g/mol. The molecule has 0 saturated carbocycles. The number of carboxylic acid groups (broad SMARTS) is 1. The number of carbonyl (C=O) groups is 1. The summed E-state index contributed by atoms with van der Waals surface area (Å²) in [5, 5.41) is 9.18. The van der Waals surface area contributed by atoms with Crippen LogP contribution in [0.2, 0.25) is 0 Å². The number of nitrogens with zero attached hydrogens (tertiary/aromatic N) is 1. The summed E-state index contributed by atoms with van der Waals surface area (Å²) in [6.45, 7) is 0. The fraction of sp³-hybridized carbons (Fsp3) is 0.143. The van der Waals surface area contributed by atoms with Crippen LogP contribution < -0.4 is 0 Å². The second-order valence-corrected chi connectivity index (χ2v) is 4.10. The molecule has 0 aliphatic rings. The summed E-state index contributed by atoms with van der Waals surface area (Å²) in [5.74, 6) is -4.10. The van der Waals surface area contributed by atoms with Crippen LogP contribution in [0, 0.1) is 11.6 Å².